The number of likely N-dealkylation sites (N-methyl/N-ethyl adjacent to an activating group) is 1. The van der Waals surface area contributed by atoms with Crippen LogP contribution in [0.15, 0.2) is 48.5 Å². The molecule has 0 radical (unpaired) electrons. The van der Waals surface area contributed by atoms with Gasteiger partial charge in [0.25, 0.3) is 0 Å². The molecule has 0 fully saturated rings. The van der Waals surface area contributed by atoms with Crippen molar-refractivity contribution in [3.63, 3.8) is 0 Å². The van der Waals surface area contributed by atoms with Gasteiger partial charge >= 0.3 is 0 Å². The summed E-state index contributed by atoms with van der Waals surface area (Å²) in [5, 5.41) is 19.6. The van der Waals surface area contributed by atoms with Crippen LogP contribution in [0.5, 0.6) is 0 Å². The van der Waals surface area contributed by atoms with Crippen LogP contribution in [-0.2, 0) is 9.59 Å². The Bertz CT molecular complexity index is 995. The topological polar surface area (TPSA) is 96.9 Å². The molecule has 2 rings (SSSR count). The summed E-state index contributed by atoms with van der Waals surface area (Å²) in [6.07, 6.45) is 4.00. The van der Waals surface area contributed by atoms with Gasteiger partial charge in [0.2, 0.25) is 11.8 Å². The molecule has 0 heterocycles. The highest BCUT2D eigenvalue weighted by atomic mass is 16.3. The number of aliphatic hydroxyl groups is 1. The van der Waals surface area contributed by atoms with Crippen molar-refractivity contribution in [2.24, 2.45) is 0 Å². The van der Waals surface area contributed by atoms with Crippen molar-refractivity contribution in [3.05, 3.63) is 59.7 Å². The summed E-state index contributed by atoms with van der Waals surface area (Å²) < 4.78 is 0. The van der Waals surface area contributed by atoms with Crippen molar-refractivity contribution in [3.8, 4) is 0 Å². The quantitative estimate of drug-likeness (QED) is 0.227. The molecule has 0 aliphatic heterocycles. The molecular weight excluding hydrogens is 466 g/mol. The van der Waals surface area contributed by atoms with Crippen molar-refractivity contribution in [1.82, 2.24) is 15.1 Å². The molecule has 0 saturated carbocycles. The zero-order valence-corrected chi connectivity index (χ0v) is 23.0. The van der Waals surface area contributed by atoms with Crippen molar-refractivity contribution >= 4 is 35.3 Å². The van der Waals surface area contributed by atoms with Crippen LogP contribution >= 0.6 is 0 Å². The fourth-order valence-electron chi connectivity index (χ4n) is 4.18. The van der Waals surface area contributed by atoms with E-state index in [-0.39, 0.29) is 37.0 Å². The number of nitrogens with zero attached hydrogens (tertiary/aromatic N) is 2. The summed E-state index contributed by atoms with van der Waals surface area (Å²) in [7, 11) is 1.73. The molecule has 8 nitrogen and oxygen atoms in total. The van der Waals surface area contributed by atoms with Gasteiger partial charge in [-0.1, -0.05) is 43.3 Å². The lowest BCUT2D eigenvalue weighted by Crippen LogP contribution is -2.55. The molecule has 0 aromatic heterocycles. The summed E-state index contributed by atoms with van der Waals surface area (Å²) in [5.41, 5.74) is 3.47. The van der Waals surface area contributed by atoms with Gasteiger partial charge < -0.3 is 21.1 Å². The zero-order chi connectivity index (χ0) is 27.4. The van der Waals surface area contributed by atoms with Crippen LogP contribution in [0.4, 0.5) is 11.4 Å². The maximum atomic E-state index is 12.8. The van der Waals surface area contributed by atoms with Crippen LogP contribution in [-0.4, -0.2) is 71.8 Å². The number of anilines is 2. The van der Waals surface area contributed by atoms with Gasteiger partial charge in [-0.05, 0) is 76.6 Å². The zero-order valence-electron chi connectivity index (χ0n) is 23.0. The van der Waals surface area contributed by atoms with Crippen LogP contribution in [0.25, 0.3) is 12.2 Å². The minimum absolute atomic E-state index is 0.0830. The van der Waals surface area contributed by atoms with Gasteiger partial charge in [-0.25, -0.2) is 0 Å². The van der Waals surface area contributed by atoms with Gasteiger partial charge in [0.1, 0.15) is 0 Å². The Morgan fingerprint density at radius 2 is 1.30 bits per heavy atom. The Labute approximate surface area is 221 Å². The molecule has 0 aliphatic carbocycles. The maximum absolute atomic E-state index is 12.8. The number of aliphatic hydroxyl groups excluding tert-OH is 1. The Hall–Kier alpha value is -3.04. The molecule has 2 aromatic carbocycles. The lowest BCUT2D eigenvalue weighted by molar-refractivity contribution is -0.146. The third-order valence-electron chi connectivity index (χ3n) is 5.84. The third-order valence-corrected chi connectivity index (χ3v) is 5.84. The SMILES string of the molecule is CCCN(CC(=O)Nc1ccc(/C=C/c2ccc(NC(=O)CNC)cc2)cc1)C(O)N(C(C)C)C(C)C. The fraction of sp³-hybridized carbons (Fsp3) is 0.448. The molecule has 2 amide bonds. The van der Waals surface area contributed by atoms with Gasteiger partial charge in [-0.15, -0.1) is 0 Å². The van der Waals surface area contributed by atoms with Gasteiger partial charge in [0, 0.05) is 30.0 Å². The molecule has 4 N–H and O–H groups in total. The van der Waals surface area contributed by atoms with Crippen molar-refractivity contribution < 1.29 is 14.7 Å². The van der Waals surface area contributed by atoms with E-state index in [0.717, 1.165) is 23.2 Å². The number of rotatable bonds is 14. The minimum Gasteiger partial charge on any atom is -0.365 e. The summed E-state index contributed by atoms with van der Waals surface area (Å²) in [4.78, 5) is 28.2. The highest BCUT2D eigenvalue weighted by Gasteiger charge is 2.28. The molecule has 2 aromatic rings. The molecule has 0 aliphatic rings. The van der Waals surface area contributed by atoms with Crippen LogP contribution in [0.3, 0.4) is 0 Å². The Kier molecular flexibility index (Phi) is 12.5. The van der Waals surface area contributed by atoms with E-state index in [4.69, 9.17) is 0 Å². The second-order valence-corrected chi connectivity index (χ2v) is 9.66. The first-order chi connectivity index (χ1) is 17.6. The van der Waals surface area contributed by atoms with Crippen molar-refractivity contribution in [1.29, 1.82) is 0 Å². The Morgan fingerprint density at radius 1 is 0.838 bits per heavy atom. The highest BCUT2D eigenvalue weighted by Crippen LogP contribution is 2.16. The lowest BCUT2D eigenvalue weighted by atomic mass is 10.1. The first kappa shape index (κ1) is 30.2. The monoisotopic (exact) mass is 509 g/mol. The number of carbonyl (C=O) groups excluding carboxylic acids is 2. The summed E-state index contributed by atoms with van der Waals surface area (Å²) >= 11 is 0. The molecule has 37 heavy (non-hydrogen) atoms. The molecular formula is C29H43N5O3. The van der Waals surface area contributed by atoms with E-state index in [9.17, 15) is 14.7 Å². The van der Waals surface area contributed by atoms with Crippen molar-refractivity contribution in [2.45, 2.75) is 59.5 Å². The number of nitrogens with one attached hydrogen (secondary N) is 3. The molecule has 0 bridgehead atoms. The molecule has 1 unspecified atom stereocenters. The normalized spacial score (nSPS) is 12.6. The van der Waals surface area contributed by atoms with E-state index in [2.05, 4.69) is 16.0 Å². The van der Waals surface area contributed by atoms with E-state index in [0.29, 0.717) is 12.2 Å². The largest absolute Gasteiger partial charge is 0.365 e. The fourth-order valence-corrected chi connectivity index (χ4v) is 4.18. The minimum atomic E-state index is -0.822. The number of hydrogen-bond acceptors (Lipinski definition) is 6. The molecule has 1 atom stereocenters. The average molecular weight is 510 g/mol. The van der Waals surface area contributed by atoms with E-state index >= 15 is 0 Å². The van der Waals surface area contributed by atoms with E-state index in [1.165, 1.54) is 0 Å². The van der Waals surface area contributed by atoms with E-state index in [1.54, 1.807) is 7.05 Å². The highest BCUT2D eigenvalue weighted by molar-refractivity contribution is 5.93. The summed E-state index contributed by atoms with van der Waals surface area (Å²) in [6, 6.07) is 15.5. The number of amides is 2. The first-order valence-corrected chi connectivity index (χ1v) is 13.0. The van der Waals surface area contributed by atoms with E-state index in [1.807, 2.05) is 105 Å². The summed E-state index contributed by atoms with van der Waals surface area (Å²) in [5.74, 6) is -0.245. The molecule has 0 saturated heterocycles. The van der Waals surface area contributed by atoms with Gasteiger partial charge in [0.15, 0.2) is 6.35 Å². The molecule has 8 heteroatoms. The predicted octanol–water partition coefficient (Wildman–Crippen LogP) is 4.06. The third kappa shape index (κ3) is 10.1. The number of benzene rings is 2. The van der Waals surface area contributed by atoms with Gasteiger partial charge in [0.05, 0.1) is 13.1 Å². The maximum Gasteiger partial charge on any atom is 0.238 e. The summed E-state index contributed by atoms with van der Waals surface area (Å²) in [6.45, 7) is 11.2. The Morgan fingerprint density at radius 3 is 1.70 bits per heavy atom. The van der Waals surface area contributed by atoms with Crippen molar-refractivity contribution in [2.75, 3.05) is 37.3 Å². The standard InChI is InChI=1S/C29H43N5O3/c1-7-18-33(29(37)34(21(2)3)22(4)5)20-28(36)32-26-16-12-24(13-17-26)9-8-23-10-14-25(15-11-23)31-27(35)19-30-6/h8-17,21-22,29-30,37H,7,18-20H2,1-6H3,(H,31,35)(H,32,36)/b9-8+. The van der Waals surface area contributed by atoms with Gasteiger partial charge in [-0.3, -0.25) is 19.4 Å². The van der Waals surface area contributed by atoms with Crippen LogP contribution < -0.4 is 16.0 Å². The first-order valence-electron chi connectivity index (χ1n) is 13.0. The van der Waals surface area contributed by atoms with E-state index < -0.39 is 6.35 Å². The lowest BCUT2D eigenvalue weighted by Gasteiger charge is -2.40. The Balaban J connectivity index is 1.95. The van der Waals surface area contributed by atoms with Gasteiger partial charge in [-0.2, -0.15) is 0 Å². The average Bonchev–Trinajstić information content (AvgIpc) is 2.84. The van der Waals surface area contributed by atoms with Crippen LogP contribution in [0.2, 0.25) is 0 Å². The van der Waals surface area contributed by atoms with Crippen LogP contribution in [0.1, 0.15) is 52.2 Å². The molecule has 202 valence electrons. The second-order valence-electron chi connectivity index (χ2n) is 9.66. The predicted molar refractivity (Wildman–Crippen MR) is 153 cm³/mol. The number of hydrogen-bond donors (Lipinski definition) is 4. The van der Waals surface area contributed by atoms with Crippen LogP contribution in [0, 0.1) is 0 Å². The molecule has 0 spiro atoms. The second kappa shape index (κ2) is 15.3. The smallest absolute Gasteiger partial charge is 0.238 e. The number of carbonyl (C=O) groups is 2.